The van der Waals surface area contributed by atoms with Gasteiger partial charge >= 0.3 is 0 Å². The normalized spacial score (nSPS) is 14.0. The van der Waals surface area contributed by atoms with Gasteiger partial charge in [0.2, 0.25) is 5.91 Å². The first-order chi connectivity index (χ1) is 11.3. The number of para-hydroxylation sites is 1. The van der Waals surface area contributed by atoms with Crippen LogP contribution in [0.15, 0.2) is 30.6 Å². The smallest absolute Gasteiger partial charge is 0.253 e. The molecule has 0 aliphatic carbocycles. The van der Waals surface area contributed by atoms with Crippen molar-refractivity contribution in [2.45, 2.75) is 19.3 Å². The fourth-order valence-electron chi connectivity index (χ4n) is 2.64. The van der Waals surface area contributed by atoms with E-state index in [1.54, 1.807) is 18.2 Å². The van der Waals surface area contributed by atoms with Crippen molar-refractivity contribution in [1.29, 1.82) is 0 Å². The molecule has 1 aromatic heterocycles. The third-order valence-electron chi connectivity index (χ3n) is 3.83. The van der Waals surface area contributed by atoms with Crippen LogP contribution in [0.5, 0.6) is 0 Å². The quantitative estimate of drug-likeness (QED) is 0.862. The highest BCUT2D eigenvalue weighted by Crippen LogP contribution is 2.12. The minimum atomic E-state index is -0.245. The number of benzene rings is 1. The van der Waals surface area contributed by atoms with Crippen molar-refractivity contribution in [2.24, 2.45) is 0 Å². The maximum Gasteiger partial charge on any atom is 0.253 e. The lowest BCUT2D eigenvalue weighted by Gasteiger charge is -2.15. The van der Waals surface area contributed by atoms with E-state index in [4.69, 9.17) is 0 Å². The second-order valence-corrected chi connectivity index (χ2v) is 5.37. The predicted molar refractivity (Wildman–Crippen MR) is 81.9 cm³/mol. The summed E-state index contributed by atoms with van der Waals surface area (Å²) in [7, 11) is 0. The molecule has 0 spiro atoms. The standard InChI is InChI=1S/C15H18N6O2/c22-14(20-9-3-4-10-20)7-8-16-15(23)12-5-1-2-6-13(12)21-11-17-18-19-21/h1-2,5-6,11H,3-4,7-10H2,(H,16,23). The highest BCUT2D eigenvalue weighted by Gasteiger charge is 2.18. The van der Waals surface area contributed by atoms with Gasteiger partial charge in [0, 0.05) is 26.1 Å². The molecule has 0 atom stereocenters. The molecule has 23 heavy (non-hydrogen) atoms. The minimum Gasteiger partial charge on any atom is -0.351 e. The molecule has 1 saturated heterocycles. The summed E-state index contributed by atoms with van der Waals surface area (Å²) in [6.07, 6.45) is 3.89. The van der Waals surface area contributed by atoms with E-state index in [0.29, 0.717) is 24.2 Å². The predicted octanol–water partition coefficient (Wildman–Crippen LogP) is 0.405. The molecule has 2 heterocycles. The molecule has 3 rings (SSSR count). The largest absolute Gasteiger partial charge is 0.351 e. The zero-order valence-electron chi connectivity index (χ0n) is 12.7. The molecule has 1 aromatic carbocycles. The van der Waals surface area contributed by atoms with Gasteiger partial charge in [0.1, 0.15) is 6.33 Å². The molecule has 1 aliphatic heterocycles. The number of likely N-dealkylation sites (tertiary alicyclic amines) is 1. The molecule has 0 bridgehead atoms. The van der Waals surface area contributed by atoms with Crippen LogP contribution in [0.4, 0.5) is 0 Å². The molecule has 0 saturated carbocycles. The average Bonchev–Trinajstić information content (AvgIpc) is 3.28. The number of carbonyl (C=O) groups excluding carboxylic acids is 2. The summed E-state index contributed by atoms with van der Waals surface area (Å²) >= 11 is 0. The van der Waals surface area contributed by atoms with E-state index in [2.05, 4.69) is 20.8 Å². The summed E-state index contributed by atoms with van der Waals surface area (Å²) in [4.78, 5) is 26.2. The third kappa shape index (κ3) is 3.53. The number of rotatable bonds is 5. The Morgan fingerprint density at radius 1 is 1.17 bits per heavy atom. The number of nitrogens with one attached hydrogen (secondary N) is 1. The summed E-state index contributed by atoms with van der Waals surface area (Å²) in [6.45, 7) is 1.97. The summed E-state index contributed by atoms with van der Waals surface area (Å²) in [6, 6.07) is 7.05. The number of hydrogen-bond acceptors (Lipinski definition) is 5. The first-order valence-corrected chi connectivity index (χ1v) is 7.64. The van der Waals surface area contributed by atoms with Crippen LogP contribution >= 0.6 is 0 Å². The van der Waals surface area contributed by atoms with E-state index in [1.165, 1.54) is 11.0 Å². The molecule has 1 aliphatic rings. The maximum absolute atomic E-state index is 12.3. The third-order valence-corrected chi connectivity index (χ3v) is 3.83. The summed E-state index contributed by atoms with van der Waals surface area (Å²) in [5.41, 5.74) is 1.06. The first kappa shape index (κ1) is 15.1. The SMILES string of the molecule is O=C(NCCC(=O)N1CCCC1)c1ccccc1-n1cnnn1. The first-order valence-electron chi connectivity index (χ1n) is 7.64. The lowest BCUT2D eigenvalue weighted by Crippen LogP contribution is -2.33. The monoisotopic (exact) mass is 314 g/mol. The second kappa shape index (κ2) is 6.99. The van der Waals surface area contributed by atoms with Gasteiger partial charge in [0.15, 0.2) is 0 Å². The van der Waals surface area contributed by atoms with E-state index in [0.717, 1.165) is 25.9 Å². The van der Waals surface area contributed by atoms with Crippen LogP contribution in [-0.2, 0) is 4.79 Å². The molecule has 1 fully saturated rings. The van der Waals surface area contributed by atoms with Gasteiger partial charge < -0.3 is 10.2 Å². The van der Waals surface area contributed by atoms with Crippen molar-refractivity contribution in [3.8, 4) is 5.69 Å². The minimum absolute atomic E-state index is 0.0940. The van der Waals surface area contributed by atoms with Gasteiger partial charge in [0.05, 0.1) is 11.3 Å². The number of aromatic nitrogens is 4. The van der Waals surface area contributed by atoms with Gasteiger partial charge in [-0.15, -0.1) is 5.10 Å². The molecule has 2 amide bonds. The van der Waals surface area contributed by atoms with E-state index in [1.807, 2.05) is 11.0 Å². The van der Waals surface area contributed by atoms with Gasteiger partial charge in [-0.3, -0.25) is 9.59 Å². The molecule has 120 valence electrons. The summed E-state index contributed by atoms with van der Waals surface area (Å²) in [5, 5.41) is 13.8. The number of hydrogen-bond donors (Lipinski definition) is 1. The molecule has 0 radical (unpaired) electrons. The van der Waals surface area contributed by atoms with Gasteiger partial charge in [-0.05, 0) is 35.4 Å². The van der Waals surface area contributed by atoms with Crippen molar-refractivity contribution in [3.05, 3.63) is 36.2 Å². The Kier molecular flexibility index (Phi) is 4.60. The highest BCUT2D eigenvalue weighted by atomic mass is 16.2. The Hall–Kier alpha value is -2.77. The number of carbonyl (C=O) groups is 2. The maximum atomic E-state index is 12.3. The van der Waals surface area contributed by atoms with Crippen LogP contribution in [-0.4, -0.2) is 56.6 Å². The van der Waals surface area contributed by atoms with Crippen LogP contribution in [0.2, 0.25) is 0 Å². The van der Waals surface area contributed by atoms with Gasteiger partial charge in [-0.2, -0.15) is 4.68 Å². The van der Waals surface area contributed by atoms with Crippen LogP contribution < -0.4 is 5.32 Å². The molecule has 1 N–H and O–H groups in total. The molecule has 8 nitrogen and oxygen atoms in total. The fourth-order valence-corrected chi connectivity index (χ4v) is 2.64. The van der Waals surface area contributed by atoms with E-state index in [9.17, 15) is 9.59 Å². The molecular formula is C15H18N6O2. The Bertz CT molecular complexity index is 679. The fraction of sp³-hybridized carbons (Fsp3) is 0.400. The van der Waals surface area contributed by atoms with Crippen molar-refractivity contribution in [1.82, 2.24) is 30.4 Å². The van der Waals surface area contributed by atoms with Crippen LogP contribution in [0, 0.1) is 0 Å². The molecule has 8 heteroatoms. The number of amides is 2. The van der Waals surface area contributed by atoms with Crippen LogP contribution in [0.3, 0.4) is 0 Å². The Balaban J connectivity index is 1.59. The van der Waals surface area contributed by atoms with Crippen LogP contribution in [0.1, 0.15) is 29.6 Å². The van der Waals surface area contributed by atoms with E-state index in [-0.39, 0.29) is 11.8 Å². The highest BCUT2D eigenvalue weighted by molar-refractivity contribution is 5.97. The van der Waals surface area contributed by atoms with Gasteiger partial charge in [-0.25, -0.2) is 0 Å². The lowest BCUT2D eigenvalue weighted by atomic mass is 10.1. The summed E-state index contributed by atoms with van der Waals surface area (Å²) in [5.74, 6) is -0.151. The van der Waals surface area contributed by atoms with Crippen molar-refractivity contribution >= 4 is 11.8 Å². The topological polar surface area (TPSA) is 93.0 Å². The van der Waals surface area contributed by atoms with Crippen molar-refractivity contribution < 1.29 is 9.59 Å². The van der Waals surface area contributed by atoms with Crippen LogP contribution in [0.25, 0.3) is 5.69 Å². The second-order valence-electron chi connectivity index (χ2n) is 5.37. The van der Waals surface area contributed by atoms with Crippen molar-refractivity contribution in [2.75, 3.05) is 19.6 Å². The average molecular weight is 314 g/mol. The van der Waals surface area contributed by atoms with Crippen molar-refractivity contribution in [3.63, 3.8) is 0 Å². The Morgan fingerprint density at radius 3 is 2.70 bits per heavy atom. The zero-order chi connectivity index (χ0) is 16.1. The zero-order valence-corrected chi connectivity index (χ0v) is 12.7. The molecule has 2 aromatic rings. The number of nitrogens with zero attached hydrogens (tertiary/aromatic N) is 5. The Labute approximate surface area is 133 Å². The van der Waals surface area contributed by atoms with Gasteiger partial charge in [-0.1, -0.05) is 12.1 Å². The number of tetrazole rings is 1. The van der Waals surface area contributed by atoms with E-state index >= 15 is 0 Å². The Morgan fingerprint density at radius 2 is 1.96 bits per heavy atom. The van der Waals surface area contributed by atoms with E-state index < -0.39 is 0 Å². The lowest BCUT2D eigenvalue weighted by molar-refractivity contribution is -0.129. The molecular weight excluding hydrogens is 296 g/mol. The molecule has 0 unspecified atom stereocenters. The van der Waals surface area contributed by atoms with Gasteiger partial charge in [0.25, 0.3) is 5.91 Å². The summed E-state index contributed by atoms with van der Waals surface area (Å²) < 4.78 is 1.43.